The maximum atomic E-state index is 12.9. The van der Waals surface area contributed by atoms with Crippen molar-refractivity contribution in [1.82, 2.24) is 4.90 Å². The number of rotatable bonds is 4. The number of hydrogen-bond acceptors (Lipinski definition) is 3. The van der Waals surface area contributed by atoms with Crippen LogP contribution in [0.3, 0.4) is 0 Å². The van der Waals surface area contributed by atoms with E-state index in [1.54, 1.807) is 0 Å². The molecule has 4 aliphatic carbocycles. The van der Waals surface area contributed by atoms with Crippen LogP contribution in [-0.2, 0) is 16.0 Å². The van der Waals surface area contributed by atoms with Crippen LogP contribution < -0.4 is 5.32 Å². The van der Waals surface area contributed by atoms with E-state index in [1.807, 2.05) is 12.1 Å². The summed E-state index contributed by atoms with van der Waals surface area (Å²) in [4.78, 5) is 27.2. The number of hydrogen-bond donors (Lipinski definition) is 1. The number of benzene rings is 1. The van der Waals surface area contributed by atoms with Crippen LogP contribution in [-0.4, -0.2) is 23.4 Å². The zero-order valence-corrected chi connectivity index (χ0v) is 13.8. The minimum Gasteiger partial charge on any atom is -0.367 e. The maximum absolute atomic E-state index is 12.9. The number of anilines is 1. The molecule has 1 N–H and O–H groups in total. The van der Waals surface area contributed by atoms with Gasteiger partial charge in [-0.05, 0) is 54.2 Å². The van der Waals surface area contributed by atoms with Gasteiger partial charge < -0.3 is 5.32 Å². The van der Waals surface area contributed by atoms with Crippen LogP contribution in [0.5, 0.6) is 0 Å². The summed E-state index contributed by atoms with van der Waals surface area (Å²) in [6.07, 6.45) is 6.64. The van der Waals surface area contributed by atoms with Crippen molar-refractivity contribution in [2.24, 2.45) is 35.5 Å². The molecule has 1 heterocycles. The van der Waals surface area contributed by atoms with Crippen LogP contribution in [0.15, 0.2) is 36.4 Å². The summed E-state index contributed by atoms with van der Waals surface area (Å²) >= 11 is 0. The number of nitrogens with zero attached hydrogens (tertiary/aromatic N) is 1. The van der Waals surface area contributed by atoms with Gasteiger partial charge in [0.05, 0.1) is 18.5 Å². The van der Waals surface area contributed by atoms with Crippen LogP contribution in [0, 0.1) is 35.5 Å². The Hall–Kier alpha value is -2.10. The molecule has 1 saturated heterocycles. The number of amides is 2. The second kappa shape index (κ2) is 4.95. The molecular weight excluding hydrogens is 300 g/mol. The van der Waals surface area contributed by atoms with Crippen molar-refractivity contribution in [1.29, 1.82) is 0 Å². The number of carbonyl (C=O) groups excluding carboxylic acids is 2. The van der Waals surface area contributed by atoms with Crippen molar-refractivity contribution in [2.45, 2.75) is 19.8 Å². The van der Waals surface area contributed by atoms with E-state index in [0.29, 0.717) is 23.7 Å². The summed E-state index contributed by atoms with van der Waals surface area (Å²) in [6.45, 7) is 2.41. The van der Waals surface area contributed by atoms with E-state index < -0.39 is 0 Å². The minimum atomic E-state index is -0.0967. The van der Waals surface area contributed by atoms with E-state index >= 15 is 0 Å². The topological polar surface area (TPSA) is 49.4 Å². The molecule has 1 aromatic carbocycles. The van der Waals surface area contributed by atoms with E-state index in [9.17, 15) is 9.59 Å². The molecule has 1 aromatic rings. The van der Waals surface area contributed by atoms with E-state index in [4.69, 9.17) is 0 Å². The third-order valence-corrected chi connectivity index (χ3v) is 6.56. The molecule has 0 spiro atoms. The molecule has 24 heavy (non-hydrogen) atoms. The Morgan fingerprint density at radius 1 is 1.00 bits per heavy atom. The van der Waals surface area contributed by atoms with Crippen molar-refractivity contribution in [3.63, 3.8) is 0 Å². The van der Waals surface area contributed by atoms with Gasteiger partial charge in [-0.1, -0.05) is 31.2 Å². The lowest BCUT2D eigenvalue weighted by molar-refractivity contribution is -0.139. The summed E-state index contributed by atoms with van der Waals surface area (Å²) in [5.41, 5.74) is 2.23. The molecule has 2 saturated carbocycles. The van der Waals surface area contributed by atoms with Crippen molar-refractivity contribution >= 4 is 17.5 Å². The molecular formula is C20H22N2O2. The summed E-state index contributed by atoms with van der Waals surface area (Å²) in [5.74, 6) is 1.80. The van der Waals surface area contributed by atoms with Crippen molar-refractivity contribution in [2.75, 3.05) is 12.0 Å². The fourth-order valence-electron chi connectivity index (χ4n) is 5.20. The Morgan fingerprint density at radius 3 is 2.12 bits per heavy atom. The number of likely N-dealkylation sites (tertiary alicyclic amines) is 1. The number of nitrogens with one attached hydrogen (secondary N) is 1. The second-order valence-corrected chi connectivity index (χ2v) is 7.64. The SMILES string of the molecule is CCc1ccc(NCN2C(=O)[C@@H]3[C@@H]4C=C[C@H]([C@@H]5C[C@@H]45)[C@H]3C2=O)cc1. The summed E-state index contributed by atoms with van der Waals surface area (Å²) < 4.78 is 0. The molecule has 4 heteroatoms. The van der Waals surface area contributed by atoms with Gasteiger partial charge in [-0.25, -0.2) is 0 Å². The Kier molecular flexibility index (Phi) is 2.94. The van der Waals surface area contributed by atoms with E-state index in [-0.39, 0.29) is 30.3 Å². The van der Waals surface area contributed by atoms with Gasteiger partial charge in [0, 0.05) is 5.69 Å². The number of imide groups is 1. The van der Waals surface area contributed by atoms with Crippen molar-refractivity contribution in [3.8, 4) is 0 Å². The molecule has 6 atom stereocenters. The third kappa shape index (κ3) is 1.86. The highest BCUT2D eigenvalue weighted by Crippen LogP contribution is 2.65. The standard InChI is InChI=1S/C20H22N2O2/c1-2-11-3-5-12(6-4-11)21-10-22-19(23)17-13-7-8-14(16-9-15(13)16)18(17)20(22)24/h3-8,13-18,21H,2,9-10H2,1H3/t13-,14-,15+,16+,17-,18-/m1/s1. The van der Waals surface area contributed by atoms with Gasteiger partial charge in [0.15, 0.2) is 0 Å². The molecule has 3 fully saturated rings. The molecule has 5 aliphatic rings. The van der Waals surface area contributed by atoms with Gasteiger partial charge in [0.1, 0.15) is 0 Å². The summed E-state index contributed by atoms with van der Waals surface area (Å²) in [6, 6.07) is 8.18. The highest BCUT2D eigenvalue weighted by Gasteiger charge is 2.66. The van der Waals surface area contributed by atoms with E-state index in [1.165, 1.54) is 16.9 Å². The monoisotopic (exact) mass is 322 g/mol. The van der Waals surface area contributed by atoms with E-state index in [2.05, 4.69) is 36.5 Å². The van der Waals surface area contributed by atoms with Crippen LogP contribution >= 0.6 is 0 Å². The van der Waals surface area contributed by atoms with Crippen LogP contribution in [0.25, 0.3) is 0 Å². The highest BCUT2D eigenvalue weighted by molar-refractivity contribution is 6.06. The predicted molar refractivity (Wildman–Crippen MR) is 90.9 cm³/mol. The van der Waals surface area contributed by atoms with Gasteiger partial charge in [-0.15, -0.1) is 0 Å². The van der Waals surface area contributed by atoms with E-state index in [0.717, 1.165) is 12.1 Å². The highest BCUT2D eigenvalue weighted by atomic mass is 16.2. The summed E-state index contributed by atoms with van der Waals surface area (Å²) in [5, 5.41) is 3.24. The van der Waals surface area contributed by atoms with Gasteiger partial charge in [-0.2, -0.15) is 0 Å². The molecule has 1 aliphatic heterocycles. The van der Waals surface area contributed by atoms with Crippen molar-refractivity contribution < 1.29 is 9.59 Å². The normalized spacial score (nSPS) is 38.3. The average Bonchev–Trinajstić information content (AvgIpc) is 3.39. The van der Waals surface area contributed by atoms with Gasteiger partial charge in [0.2, 0.25) is 11.8 Å². The lowest BCUT2D eigenvalue weighted by Gasteiger charge is -2.37. The number of carbonyl (C=O) groups is 2. The first-order valence-electron chi connectivity index (χ1n) is 9.05. The molecule has 124 valence electrons. The molecule has 4 nitrogen and oxygen atoms in total. The molecule has 2 amide bonds. The molecule has 0 aromatic heterocycles. The zero-order valence-electron chi connectivity index (χ0n) is 13.8. The van der Waals surface area contributed by atoms with Crippen LogP contribution in [0.4, 0.5) is 5.69 Å². The Morgan fingerprint density at radius 2 is 1.58 bits per heavy atom. The van der Waals surface area contributed by atoms with Crippen LogP contribution in [0.2, 0.25) is 0 Å². The van der Waals surface area contributed by atoms with Crippen molar-refractivity contribution in [3.05, 3.63) is 42.0 Å². The predicted octanol–water partition coefficient (Wildman–Crippen LogP) is 2.67. The largest absolute Gasteiger partial charge is 0.367 e. The minimum absolute atomic E-state index is 0.0346. The van der Waals surface area contributed by atoms with Gasteiger partial charge >= 0.3 is 0 Å². The Balaban J connectivity index is 1.33. The summed E-state index contributed by atoms with van der Waals surface area (Å²) in [7, 11) is 0. The van der Waals surface area contributed by atoms with Gasteiger partial charge in [0.25, 0.3) is 0 Å². The Bertz CT molecular complexity index is 703. The lowest BCUT2D eigenvalue weighted by Crippen LogP contribution is -2.40. The average molecular weight is 322 g/mol. The third-order valence-electron chi connectivity index (χ3n) is 6.56. The zero-order chi connectivity index (χ0) is 16.4. The first-order valence-corrected chi connectivity index (χ1v) is 9.05. The fraction of sp³-hybridized carbons (Fsp3) is 0.500. The quantitative estimate of drug-likeness (QED) is 0.685. The number of allylic oxidation sites excluding steroid dienone is 2. The number of aryl methyl sites for hydroxylation is 1. The second-order valence-electron chi connectivity index (χ2n) is 7.64. The molecule has 0 unspecified atom stereocenters. The first-order chi connectivity index (χ1) is 11.7. The van der Waals surface area contributed by atoms with Crippen LogP contribution in [0.1, 0.15) is 18.9 Å². The van der Waals surface area contributed by atoms with Gasteiger partial charge in [-0.3, -0.25) is 14.5 Å². The lowest BCUT2D eigenvalue weighted by atomic mass is 9.63. The maximum Gasteiger partial charge on any atom is 0.235 e. The fourth-order valence-corrected chi connectivity index (χ4v) is 5.20. The molecule has 6 rings (SSSR count). The Labute approximate surface area is 141 Å². The first kappa shape index (κ1) is 14.3. The molecule has 2 bridgehead atoms. The molecule has 0 radical (unpaired) electrons. The smallest absolute Gasteiger partial charge is 0.235 e.